The Morgan fingerprint density at radius 2 is 2.10 bits per heavy atom. The molecule has 1 aliphatic heterocycles. The highest BCUT2D eigenvalue weighted by molar-refractivity contribution is 5.78. The summed E-state index contributed by atoms with van der Waals surface area (Å²) in [7, 11) is 0. The van der Waals surface area contributed by atoms with Crippen LogP contribution >= 0.6 is 0 Å². The molecule has 20 heavy (non-hydrogen) atoms. The molecule has 1 aliphatic rings. The molecule has 0 spiro atoms. The first-order chi connectivity index (χ1) is 9.44. The first-order valence-electron chi connectivity index (χ1n) is 8.18. The highest BCUT2D eigenvalue weighted by Crippen LogP contribution is 2.25. The number of nitrogens with one attached hydrogen (secondary N) is 1. The van der Waals surface area contributed by atoms with Gasteiger partial charge >= 0.3 is 5.97 Å². The van der Waals surface area contributed by atoms with Gasteiger partial charge in [0.25, 0.3) is 0 Å². The predicted molar refractivity (Wildman–Crippen MR) is 83.0 cm³/mol. The minimum Gasteiger partial charge on any atom is -0.480 e. The topological polar surface area (TPSA) is 52.6 Å². The Hall–Kier alpha value is -0.610. The number of carboxylic acid groups (broad SMARTS) is 1. The number of likely N-dealkylation sites (N-methyl/N-ethyl adjacent to an activating group) is 1. The standard InChI is InChI=1S/C16H32N2O2/c1-5-14-10-8-7-9-11-18(14)13(3)12-16(4,15(19)20)17-6-2/h13-14,17H,5-12H2,1-4H3,(H,19,20). The van der Waals surface area contributed by atoms with Crippen molar-refractivity contribution in [1.82, 2.24) is 10.2 Å². The molecule has 1 fully saturated rings. The summed E-state index contributed by atoms with van der Waals surface area (Å²) < 4.78 is 0. The van der Waals surface area contributed by atoms with E-state index in [1.54, 1.807) is 0 Å². The Balaban J connectivity index is 2.75. The number of rotatable bonds is 7. The van der Waals surface area contributed by atoms with Crippen molar-refractivity contribution in [2.45, 2.75) is 83.8 Å². The molecule has 0 aliphatic carbocycles. The fourth-order valence-electron chi connectivity index (χ4n) is 3.55. The fraction of sp³-hybridized carbons (Fsp3) is 0.938. The third kappa shape index (κ3) is 4.45. The van der Waals surface area contributed by atoms with Gasteiger partial charge in [0.15, 0.2) is 0 Å². The molecule has 0 radical (unpaired) electrons. The van der Waals surface area contributed by atoms with E-state index in [-0.39, 0.29) is 0 Å². The number of likely N-dealkylation sites (tertiary alicyclic amines) is 1. The molecule has 3 unspecified atom stereocenters. The molecule has 4 heteroatoms. The molecular formula is C16H32N2O2. The average Bonchev–Trinajstić information content (AvgIpc) is 2.63. The Bertz CT molecular complexity index is 309. The minimum absolute atomic E-state index is 0.304. The van der Waals surface area contributed by atoms with Gasteiger partial charge < -0.3 is 10.4 Å². The fourth-order valence-corrected chi connectivity index (χ4v) is 3.55. The molecule has 0 aromatic heterocycles. The second-order valence-electron chi connectivity index (χ2n) is 6.37. The van der Waals surface area contributed by atoms with Crippen LogP contribution in [0.2, 0.25) is 0 Å². The van der Waals surface area contributed by atoms with Crippen molar-refractivity contribution in [3.63, 3.8) is 0 Å². The van der Waals surface area contributed by atoms with Crippen LogP contribution in [0.4, 0.5) is 0 Å². The van der Waals surface area contributed by atoms with Crippen molar-refractivity contribution in [3.05, 3.63) is 0 Å². The monoisotopic (exact) mass is 284 g/mol. The minimum atomic E-state index is -0.821. The number of nitrogens with zero attached hydrogens (tertiary/aromatic N) is 1. The van der Waals surface area contributed by atoms with Gasteiger partial charge in [-0.1, -0.05) is 26.7 Å². The van der Waals surface area contributed by atoms with Crippen LogP contribution in [0.1, 0.15) is 66.2 Å². The zero-order chi connectivity index (χ0) is 15.2. The second kappa shape index (κ2) is 7.99. The molecule has 0 amide bonds. The van der Waals surface area contributed by atoms with E-state index in [4.69, 9.17) is 0 Å². The second-order valence-corrected chi connectivity index (χ2v) is 6.37. The molecule has 0 saturated carbocycles. The van der Waals surface area contributed by atoms with Crippen LogP contribution in [0.15, 0.2) is 0 Å². The van der Waals surface area contributed by atoms with E-state index >= 15 is 0 Å². The van der Waals surface area contributed by atoms with Crippen molar-refractivity contribution in [2.75, 3.05) is 13.1 Å². The molecular weight excluding hydrogens is 252 g/mol. The van der Waals surface area contributed by atoms with Crippen LogP contribution in [0, 0.1) is 0 Å². The largest absolute Gasteiger partial charge is 0.480 e. The van der Waals surface area contributed by atoms with E-state index in [9.17, 15) is 9.90 Å². The van der Waals surface area contributed by atoms with Crippen LogP contribution in [-0.2, 0) is 4.79 Å². The maximum absolute atomic E-state index is 11.6. The first kappa shape index (κ1) is 17.4. The summed E-state index contributed by atoms with van der Waals surface area (Å²) in [4.78, 5) is 14.1. The van der Waals surface area contributed by atoms with Crippen molar-refractivity contribution in [2.24, 2.45) is 0 Å². The summed E-state index contributed by atoms with van der Waals surface area (Å²) in [6, 6.07) is 0.922. The van der Waals surface area contributed by atoms with Gasteiger partial charge in [0.1, 0.15) is 5.54 Å². The van der Waals surface area contributed by atoms with E-state index in [1.807, 2.05) is 13.8 Å². The van der Waals surface area contributed by atoms with Crippen LogP contribution in [-0.4, -0.2) is 46.7 Å². The Kier molecular flexibility index (Phi) is 6.96. The number of hydrogen-bond acceptors (Lipinski definition) is 3. The van der Waals surface area contributed by atoms with Crippen molar-refractivity contribution in [1.29, 1.82) is 0 Å². The highest BCUT2D eigenvalue weighted by atomic mass is 16.4. The van der Waals surface area contributed by atoms with E-state index in [0.29, 0.717) is 25.0 Å². The van der Waals surface area contributed by atoms with Crippen LogP contribution in [0.3, 0.4) is 0 Å². The van der Waals surface area contributed by atoms with Gasteiger partial charge in [0.05, 0.1) is 0 Å². The van der Waals surface area contributed by atoms with E-state index < -0.39 is 11.5 Å². The molecule has 0 aromatic rings. The maximum Gasteiger partial charge on any atom is 0.323 e. The Morgan fingerprint density at radius 3 is 2.65 bits per heavy atom. The zero-order valence-electron chi connectivity index (χ0n) is 13.6. The molecule has 118 valence electrons. The summed E-state index contributed by atoms with van der Waals surface area (Å²) in [5.41, 5.74) is -0.821. The lowest BCUT2D eigenvalue weighted by atomic mass is 9.91. The maximum atomic E-state index is 11.6. The zero-order valence-corrected chi connectivity index (χ0v) is 13.6. The quantitative estimate of drug-likeness (QED) is 0.755. The average molecular weight is 284 g/mol. The smallest absolute Gasteiger partial charge is 0.323 e. The summed E-state index contributed by atoms with van der Waals surface area (Å²) in [5, 5.41) is 12.7. The molecule has 1 saturated heterocycles. The summed E-state index contributed by atoms with van der Waals surface area (Å²) in [6.07, 6.45) is 6.94. The number of aliphatic carboxylic acids is 1. The van der Waals surface area contributed by atoms with Crippen molar-refractivity contribution < 1.29 is 9.90 Å². The number of carbonyl (C=O) groups is 1. The normalized spacial score (nSPS) is 25.7. The lowest BCUT2D eigenvalue weighted by Crippen LogP contribution is -2.54. The van der Waals surface area contributed by atoms with E-state index in [1.165, 1.54) is 25.7 Å². The number of carboxylic acids is 1. The molecule has 0 bridgehead atoms. The van der Waals surface area contributed by atoms with Crippen LogP contribution in [0.25, 0.3) is 0 Å². The van der Waals surface area contributed by atoms with Gasteiger partial charge in [-0.05, 0) is 52.6 Å². The summed E-state index contributed by atoms with van der Waals surface area (Å²) >= 11 is 0. The van der Waals surface area contributed by atoms with Gasteiger partial charge in [-0.15, -0.1) is 0 Å². The SMILES string of the molecule is CCNC(C)(CC(C)N1CCCCCC1CC)C(=O)O. The van der Waals surface area contributed by atoms with Crippen molar-refractivity contribution in [3.8, 4) is 0 Å². The molecule has 1 rings (SSSR count). The van der Waals surface area contributed by atoms with Gasteiger partial charge in [0, 0.05) is 12.1 Å². The van der Waals surface area contributed by atoms with Gasteiger partial charge in [0.2, 0.25) is 0 Å². The lowest BCUT2D eigenvalue weighted by molar-refractivity contribution is -0.145. The van der Waals surface area contributed by atoms with Crippen LogP contribution in [0.5, 0.6) is 0 Å². The molecule has 2 N–H and O–H groups in total. The molecule has 1 heterocycles. The Morgan fingerprint density at radius 1 is 1.40 bits per heavy atom. The van der Waals surface area contributed by atoms with Crippen molar-refractivity contribution >= 4 is 5.97 Å². The molecule has 0 aromatic carbocycles. The van der Waals surface area contributed by atoms with E-state index in [0.717, 1.165) is 13.0 Å². The first-order valence-corrected chi connectivity index (χ1v) is 8.18. The number of hydrogen-bond donors (Lipinski definition) is 2. The third-order valence-corrected chi connectivity index (χ3v) is 4.70. The van der Waals surface area contributed by atoms with Gasteiger partial charge in [-0.2, -0.15) is 0 Å². The third-order valence-electron chi connectivity index (χ3n) is 4.70. The highest BCUT2D eigenvalue weighted by Gasteiger charge is 2.36. The summed E-state index contributed by atoms with van der Waals surface area (Å²) in [6.45, 7) is 10.0. The van der Waals surface area contributed by atoms with Gasteiger partial charge in [-0.3, -0.25) is 9.69 Å². The van der Waals surface area contributed by atoms with Gasteiger partial charge in [-0.25, -0.2) is 0 Å². The molecule has 3 atom stereocenters. The lowest BCUT2D eigenvalue weighted by Gasteiger charge is -2.38. The Labute approximate surface area is 123 Å². The summed E-state index contributed by atoms with van der Waals surface area (Å²) in [5.74, 6) is -0.742. The van der Waals surface area contributed by atoms with E-state index in [2.05, 4.69) is 24.1 Å². The predicted octanol–water partition coefficient (Wildman–Crippen LogP) is 2.87. The van der Waals surface area contributed by atoms with Crippen LogP contribution < -0.4 is 5.32 Å². The molecule has 4 nitrogen and oxygen atoms in total.